The summed E-state index contributed by atoms with van der Waals surface area (Å²) in [5, 5.41) is 0. The molecule has 0 spiro atoms. The number of H-pyrrole nitrogens is 1. The predicted molar refractivity (Wildman–Crippen MR) is 49.5 cm³/mol. The highest BCUT2D eigenvalue weighted by Crippen LogP contribution is 1.94. The monoisotopic (exact) mass is 157 g/mol. The van der Waals surface area contributed by atoms with Gasteiger partial charge < -0.3 is 10.7 Å². The van der Waals surface area contributed by atoms with Gasteiger partial charge in [0.15, 0.2) is 0 Å². The molecule has 66 valence electrons. The number of imidazole rings is 1. The molecule has 1 aromatic rings. The molecule has 0 aliphatic carbocycles. The zero-order valence-electron chi connectivity index (χ0n) is 5.52. The number of aromatic amines is 1. The number of nitrogens with two attached hydrogens (primary N) is 1. The lowest BCUT2D eigenvalue weighted by Crippen LogP contribution is -2.02. The standard InChI is InChI=1S/C6H11N3.2CH4/c1-5-8-4-6(9-5)2-3-7;;/h4H,2-3,7H2,1H3,(H,8,9);2*1H4. The molecule has 0 saturated heterocycles. The molecule has 3 nitrogen and oxygen atoms in total. The van der Waals surface area contributed by atoms with Crippen molar-refractivity contribution in [1.82, 2.24) is 9.97 Å². The molecule has 0 atom stereocenters. The Hall–Kier alpha value is -0.830. The fourth-order valence-corrected chi connectivity index (χ4v) is 0.754. The summed E-state index contributed by atoms with van der Waals surface area (Å²) >= 11 is 0. The molecule has 1 aromatic heterocycles. The highest BCUT2D eigenvalue weighted by molar-refractivity contribution is 4.99. The molecule has 3 heteroatoms. The van der Waals surface area contributed by atoms with E-state index in [0.717, 1.165) is 17.9 Å². The number of nitrogens with zero attached hydrogens (tertiary/aromatic N) is 1. The van der Waals surface area contributed by atoms with Crippen LogP contribution in [0.15, 0.2) is 6.20 Å². The number of nitrogens with one attached hydrogen (secondary N) is 1. The Morgan fingerprint density at radius 1 is 1.55 bits per heavy atom. The molecule has 0 aliphatic rings. The summed E-state index contributed by atoms with van der Waals surface area (Å²) in [6.07, 6.45) is 2.71. The van der Waals surface area contributed by atoms with Gasteiger partial charge in [-0.3, -0.25) is 0 Å². The fourth-order valence-electron chi connectivity index (χ4n) is 0.754. The smallest absolute Gasteiger partial charge is 0.103 e. The Morgan fingerprint density at radius 2 is 2.18 bits per heavy atom. The molecule has 1 rings (SSSR count). The van der Waals surface area contributed by atoms with E-state index in [2.05, 4.69) is 9.97 Å². The van der Waals surface area contributed by atoms with Crippen molar-refractivity contribution in [3.63, 3.8) is 0 Å². The lowest BCUT2D eigenvalue weighted by atomic mass is 10.3. The molecule has 1 heterocycles. The number of hydrogen-bond donors (Lipinski definition) is 2. The highest BCUT2D eigenvalue weighted by Gasteiger charge is 1.92. The van der Waals surface area contributed by atoms with E-state index in [1.165, 1.54) is 0 Å². The lowest BCUT2D eigenvalue weighted by molar-refractivity contribution is 0.929. The average Bonchev–Trinajstić information content (AvgIpc) is 2.17. The third-order valence-corrected chi connectivity index (χ3v) is 1.17. The topological polar surface area (TPSA) is 54.7 Å². The van der Waals surface area contributed by atoms with Crippen molar-refractivity contribution in [3.8, 4) is 0 Å². The van der Waals surface area contributed by atoms with Crippen molar-refractivity contribution in [3.05, 3.63) is 17.7 Å². The van der Waals surface area contributed by atoms with Gasteiger partial charge in [0.25, 0.3) is 0 Å². The maximum atomic E-state index is 5.32. The van der Waals surface area contributed by atoms with Crippen LogP contribution in [0.5, 0.6) is 0 Å². The van der Waals surface area contributed by atoms with Crippen LogP contribution in [0.4, 0.5) is 0 Å². The van der Waals surface area contributed by atoms with Crippen molar-refractivity contribution in [2.24, 2.45) is 5.73 Å². The van der Waals surface area contributed by atoms with Gasteiger partial charge in [-0.05, 0) is 13.5 Å². The molecule has 0 unspecified atom stereocenters. The van der Waals surface area contributed by atoms with Crippen LogP contribution in [0.1, 0.15) is 26.4 Å². The molecular formula is C8H19N3. The van der Waals surface area contributed by atoms with Gasteiger partial charge in [-0.1, -0.05) is 14.9 Å². The second-order valence-electron chi connectivity index (χ2n) is 2.03. The first kappa shape index (κ1) is 12.8. The van der Waals surface area contributed by atoms with Gasteiger partial charge in [-0.15, -0.1) is 0 Å². The minimum absolute atomic E-state index is 0. The molecule has 0 saturated carbocycles. The van der Waals surface area contributed by atoms with Crippen LogP contribution in [0.25, 0.3) is 0 Å². The largest absolute Gasteiger partial charge is 0.346 e. The minimum Gasteiger partial charge on any atom is -0.346 e. The van der Waals surface area contributed by atoms with Crippen LogP contribution in [0, 0.1) is 6.92 Å². The molecule has 3 N–H and O–H groups in total. The van der Waals surface area contributed by atoms with Gasteiger partial charge in [0.05, 0.1) is 0 Å². The molecular weight excluding hydrogens is 138 g/mol. The van der Waals surface area contributed by atoms with Crippen molar-refractivity contribution in [2.75, 3.05) is 6.54 Å². The summed E-state index contributed by atoms with van der Waals surface area (Å²) in [6, 6.07) is 0. The van der Waals surface area contributed by atoms with Crippen LogP contribution in [0.2, 0.25) is 0 Å². The second kappa shape index (κ2) is 5.92. The van der Waals surface area contributed by atoms with Gasteiger partial charge in [0.2, 0.25) is 0 Å². The normalized spacial score (nSPS) is 8.18. The maximum absolute atomic E-state index is 5.32. The average molecular weight is 157 g/mol. The van der Waals surface area contributed by atoms with Crippen molar-refractivity contribution in [2.45, 2.75) is 28.2 Å². The van der Waals surface area contributed by atoms with E-state index in [-0.39, 0.29) is 14.9 Å². The number of rotatable bonds is 2. The van der Waals surface area contributed by atoms with E-state index in [1.54, 1.807) is 0 Å². The van der Waals surface area contributed by atoms with Crippen LogP contribution in [-0.2, 0) is 6.42 Å². The summed E-state index contributed by atoms with van der Waals surface area (Å²) in [5.41, 5.74) is 6.44. The third-order valence-electron chi connectivity index (χ3n) is 1.17. The van der Waals surface area contributed by atoms with Crippen molar-refractivity contribution in [1.29, 1.82) is 0 Å². The van der Waals surface area contributed by atoms with Gasteiger partial charge in [0.1, 0.15) is 5.82 Å². The van der Waals surface area contributed by atoms with Gasteiger partial charge >= 0.3 is 0 Å². The quantitative estimate of drug-likeness (QED) is 0.683. The van der Waals surface area contributed by atoms with Gasteiger partial charge in [-0.25, -0.2) is 4.98 Å². The lowest BCUT2D eigenvalue weighted by Gasteiger charge is -1.87. The zero-order chi connectivity index (χ0) is 6.69. The zero-order valence-corrected chi connectivity index (χ0v) is 5.52. The highest BCUT2D eigenvalue weighted by atomic mass is 14.9. The van der Waals surface area contributed by atoms with E-state index in [0.29, 0.717) is 6.54 Å². The Balaban J connectivity index is 0. The van der Waals surface area contributed by atoms with Crippen LogP contribution in [-0.4, -0.2) is 16.5 Å². The molecule has 0 fully saturated rings. The van der Waals surface area contributed by atoms with Crippen LogP contribution >= 0.6 is 0 Å². The summed E-state index contributed by atoms with van der Waals surface area (Å²) in [4.78, 5) is 7.11. The summed E-state index contributed by atoms with van der Waals surface area (Å²) in [5.74, 6) is 0.957. The molecule has 0 bridgehead atoms. The molecule has 0 amide bonds. The van der Waals surface area contributed by atoms with Crippen molar-refractivity contribution < 1.29 is 0 Å². The fraction of sp³-hybridized carbons (Fsp3) is 0.625. The maximum Gasteiger partial charge on any atom is 0.103 e. The van der Waals surface area contributed by atoms with E-state index in [4.69, 9.17) is 5.73 Å². The van der Waals surface area contributed by atoms with Crippen molar-refractivity contribution >= 4 is 0 Å². The SMILES string of the molecule is C.C.Cc1ncc(CCN)[nH]1. The van der Waals surface area contributed by atoms with Crippen LogP contribution in [0.3, 0.4) is 0 Å². The Labute approximate surface area is 69.0 Å². The first-order valence-corrected chi connectivity index (χ1v) is 3.03. The van der Waals surface area contributed by atoms with E-state index in [1.807, 2.05) is 13.1 Å². The van der Waals surface area contributed by atoms with E-state index < -0.39 is 0 Å². The molecule has 0 aromatic carbocycles. The summed E-state index contributed by atoms with van der Waals surface area (Å²) in [7, 11) is 0. The summed E-state index contributed by atoms with van der Waals surface area (Å²) in [6.45, 7) is 2.61. The molecule has 0 radical (unpaired) electrons. The summed E-state index contributed by atoms with van der Waals surface area (Å²) < 4.78 is 0. The Kier molecular flexibility index (Phi) is 6.89. The number of hydrogen-bond acceptors (Lipinski definition) is 2. The first-order valence-electron chi connectivity index (χ1n) is 3.03. The minimum atomic E-state index is 0. The van der Waals surface area contributed by atoms with E-state index >= 15 is 0 Å². The predicted octanol–water partition coefficient (Wildman–Crippen LogP) is 1.49. The van der Waals surface area contributed by atoms with Crippen LogP contribution < -0.4 is 5.73 Å². The first-order chi connectivity index (χ1) is 4.33. The second-order valence-corrected chi connectivity index (χ2v) is 2.03. The number of aromatic nitrogens is 2. The number of aryl methyl sites for hydroxylation is 1. The Morgan fingerprint density at radius 3 is 2.55 bits per heavy atom. The van der Waals surface area contributed by atoms with Gasteiger partial charge in [-0.2, -0.15) is 0 Å². The third kappa shape index (κ3) is 3.78. The van der Waals surface area contributed by atoms with E-state index in [9.17, 15) is 0 Å². The molecule has 0 aliphatic heterocycles. The Bertz CT molecular complexity index is 181. The molecule has 11 heavy (non-hydrogen) atoms. The van der Waals surface area contributed by atoms with Gasteiger partial charge in [0, 0.05) is 18.3 Å².